The van der Waals surface area contributed by atoms with Crippen LogP contribution in [-0.2, 0) is 9.59 Å². The van der Waals surface area contributed by atoms with E-state index in [1.165, 1.54) is 0 Å². The van der Waals surface area contributed by atoms with E-state index in [1.807, 2.05) is 44.4 Å². The number of hydrogen-bond acceptors (Lipinski definition) is 3. The van der Waals surface area contributed by atoms with Gasteiger partial charge in [0.15, 0.2) is 0 Å². The lowest BCUT2D eigenvalue weighted by molar-refractivity contribution is -0.133. The standard InChI is InChI=1S/C15H25NO.C13H22N2O.2C2H6/c1-12(2)5-6-14-7-9-16(10-8-14)15(17)11-13(3)4;1-4-13(16)15-10-8-14(9-11-15)7-5-6-12(2)3;2*1-2/h12-14H,7-11H2,1-4H3;12H,4,7-11H2,1-3H3;2*1-2H3. The van der Waals surface area contributed by atoms with Gasteiger partial charge in [-0.25, -0.2) is 0 Å². The lowest BCUT2D eigenvalue weighted by atomic mass is 9.96. The van der Waals surface area contributed by atoms with Crippen LogP contribution < -0.4 is 0 Å². The summed E-state index contributed by atoms with van der Waals surface area (Å²) in [5.41, 5.74) is 0. The number of nitrogens with zero attached hydrogens (tertiary/aromatic N) is 3. The summed E-state index contributed by atoms with van der Waals surface area (Å²) in [5.74, 6) is 15.4. The van der Waals surface area contributed by atoms with Crippen molar-refractivity contribution in [3.8, 4) is 23.7 Å². The molecule has 5 heteroatoms. The number of likely N-dealkylation sites (tertiary alicyclic amines) is 1. The molecule has 0 aromatic rings. The van der Waals surface area contributed by atoms with Crippen LogP contribution in [0.2, 0.25) is 0 Å². The quantitative estimate of drug-likeness (QED) is 0.418. The molecule has 214 valence electrons. The molecule has 2 fully saturated rings. The monoisotopic (exact) mass is 517 g/mol. The Bertz CT molecular complexity index is 706. The van der Waals surface area contributed by atoms with E-state index in [1.54, 1.807) is 0 Å². The fourth-order valence-electron chi connectivity index (χ4n) is 3.78. The zero-order valence-corrected chi connectivity index (χ0v) is 26.2. The van der Waals surface area contributed by atoms with Crippen LogP contribution >= 0.6 is 0 Å². The Morgan fingerprint density at radius 2 is 1.22 bits per heavy atom. The molecule has 2 aliphatic heterocycles. The van der Waals surface area contributed by atoms with Gasteiger partial charge in [-0.15, -0.1) is 5.92 Å². The van der Waals surface area contributed by atoms with E-state index in [2.05, 4.69) is 70.1 Å². The highest BCUT2D eigenvalue weighted by Gasteiger charge is 2.22. The fraction of sp³-hybridized carbons (Fsp3) is 0.812. The average molecular weight is 518 g/mol. The van der Waals surface area contributed by atoms with Crippen molar-refractivity contribution < 1.29 is 9.59 Å². The van der Waals surface area contributed by atoms with Crippen molar-refractivity contribution in [1.82, 2.24) is 14.7 Å². The van der Waals surface area contributed by atoms with Crippen LogP contribution in [0.5, 0.6) is 0 Å². The van der Waals surface area contributed by atoms with Gasteiger partial charge in [-0.05, 0) is 18.8 Å². The van der Waals surface area contributed by atoms with Gasteiger partial charge in [0.05, 0.1) is 6.54 Å². The molecule has 5 nitrogen and oxygen atoms in total. The highest BCUT2D eigenvalue weighted by Crippen LogP contribution is 2.18. The Kier molecular flexibility index (Phi) is 23.3. The molecule has 37 heavy (non-hydrogen) atoms. The molecule has 0 aliphatic carbocycles. The smallest absolute Gasteiger partial charge is 0.222 e. The number of amides is 2. The van der Waals surface area contributed by atoms with E-state index in [9.17, 15) is 9.59 Å². The minimum atomic E-state index is 0.271. The highest BCUT2D eigenvalue weighted by molar-refractivity contribution is 5.76. The number of hydrogen-bond donors (Lipinski definition) is 0. The van der Waals surface area contributed by atoms with Crippen molar-refractivity contribution in [2.45, 2.75) is 102 Å². The van der Waals surface area contributed by atoms with Crippen LogP contribution in [0.4, 0.5) is 0 Å². The number of carbonyl (C=O) groups excluding carboxylic acids is 2. The molecular formula is C32H59N3O2. The van der Waals surface area contributed by atoms with Gasteiger partial charge in [0.1, 0.15) is 0 Å². The van der Waals surface area contributed by atoms with Crippen molar-refractivity contribution in [3.63, 3.8) is 0 Å². The van der Waals surface area contributed by atoms with Crippen molar-refractivity contribution >= 4 is 11.8 Å². The normalized spacial score (nSPS) is 15.6. The van der Waals surface area contributed by atoms with Crippen LogP contribution in [-0.4, -0.2) is 72.3 Å². The third-order valence-electron chi connectivity index (χ3n) is 5.73. The molecule has 0 spiro atoms. The Morgan fingerprint density at radius 1 is 0.730 bits per heavy atom. The predicted molar refractivity (Wildman–Crippen MR) is 160 cm³/mol. The zero-order valence-electron chi connectivity index (χ0n) is 26.2. The van der Waals surface area contributed by atoms with Gasteiger partial charge in [0.2, 0.25) is 11.8 Å². The SMILES string of the molecule is CC.CC.CC(C)C#CC1CCN(C(=O)CC(C)C)CC1.CCC(=O)N1CCN(CC#CC(C)C)CC1. The van der Waals surface area contributed by atoms with Crippen LogP contribution in [0, 0.1) is 47.4 Å². The number of rotatable bonds is 4. The molecule has 0 aromatic heterocycles. The molecule has 0 aromatic carbocycles. The van der Waals surface area contributed by atoms with Gasteiger partial charge < -0.3 is 9.80 Å². The van der Waals surface area contributed by atoms with Gasteiger partial charge in [-0.3, -0.25) is 14.5 Å². The summed E-state index contributed by atoms with van der Waals surface area (Å²) in [6.07, 6.45) is 3.39. The molecule has 2 saturated heterocycles. The fourth-order valence-corrected chi connectivity index (χ4v) is 3.78. The van der Waals surface area contributed by atoms with E-state index in [4.69, 9.17) is 0 Å². The molecule has 2 rings (SSSR count). The van der Waals surface area contributed by atoms with Crippen LogP contribution in [0.1, 0.15) is 102 Å². The molecule has 0 N–H and O–H groups in total. The number of piperazine rings is 1. The van der Waals surface area contributed by atoms with Crippen LogP contribution in [0.25, 0.3) is 0 Å². The summed E-state index contributed by atoms with van der Waals surface area (Å²) >= 11 is 0. The predicted octanol–water partition coefficient (Wildman–Crippen LogP) is 6.18. The van der Waals surface area contributed by atoms with Crippen molar-refractivity contribution in [1.29, 1.82) is 0 Å². The van der Waals surface area contributed by atoms with E-state index in [-0.39, 0.29) is 5.91 Å². The second-order valence-electron chi connectivity index (χ2n) is 10.2. The molecule has 0 saturated carbocycles. The van der Waals surface area contributed by atoms with E-state index in [0.717, 1.165) is 58.7 Å². The average Bonchev–Trinajstić information content (AvgIpc) is 2.90. The highest BCUT2D eigenvalue weighted by atomic mass is 16.2. The number of carbonyl (C=O) groups is 2. The van der Waals surface area contributed by atoms with E-state index in [0.29, 0.717) is 42.4 Å². The molecule has 0 atom stereocenters. The Balaban J connectivity index is 0. The topological polar surface area (TPSA) is 43.9 Å². The maximum absolute atomic E-state index is 11.9. The minimum Gasteiger partial charge on any atom is -0.343 e. The lowest BCUT2D eigenvalue weighted by Gasteiger charge is -2.33. The molecular weight excluding hydrogens is 458 g/mol. The molecule has 0 unspecified atom stereocenters. The van der Waals surface area contributed by atoms with Gasteiger partial charge in [-0.1, -0.05) is 93.9 Å². The first kappa shape index (κ1) is 37.2. The second-order valence-corrected chi connectivity index (χ2v) is 10.2. The summed E-state index contributed by atoms with van der Waals surface area (Å²) in [7, 11) is 0. The minimum absolute atomic E-state index is 0.271. The first-order valence-corrected chi connectivity index (χ1v) is 14.9. The summed E-state index contributed by atoms with van der Waals surface area (Å²) in [5, 5.41) is 0. The van der Waals surface area contributed by atoms with Gasteiger partial charge >= 0.3 is 0 Å². The Labute approximate surface area is 231 Å². The molecule has 0 radical (unpaired) electrons. The summed E-state index contributed by atoms with van der Waals surface area (Å²) in [4.78, 5) is 29.6. The first-order chi connectivity index (χ1) is 17.6. The third kappa shape index (κ3) is 18.8. The van der Waals surface area contributed by atoms with Crippen molar-refractivity contribution in [2.75, 3.05) is 45.8 Å². The van der Waals surface area contributed by atoms with Gasteiger partial charge in [0, 0.05) is 69.9 Å². The van der Waals surface area contributed by atoms with E-state index >= 15 is 0 Å². The largest absolute Gasteiger partial charge is 0.343 e. The van der Waals surface area contributed by atoms with Crippen molar-refractivity contribution in [3.05, 3.63) is 0 Å². The summed E-state index contributed by atoms with van der Waals surface area (Å²) in [6.45, 7) is 28.8. The molecule has 2 heterocycles. The number of piperidine rings is 1. The first-order valence-electron chi connectivity index (χ1n) is 14.9. The molecule has 0 bridgehead atoms. The molecule has 2 amide bonds. The Morgan fingerprint density at radius 3 is 1.65 bits per heavy atom. The van der Waals surface area contributed by atoms with Gasteiger partial charge in [0.25, 0.3) is 0 Å². The Hall–Kier alpha value is -1.98. The second kappa shape index (κ2) is 23.2. The third-order valence-corrected chi connectivity index (χ3v) is 5.73. The van der Waals surface area contributed by atoms with E-state index < -0.39 is 0 Å². The summed E-state index contributed by atoms with van der Waals surface area (Å²) < 4.78 is 0. The van der Waals surface area contributed by atoms with Gasteiger partial charge in [-0.2, -0.15) is 0 Å². The zero-order chi connectivity index (χ0) is 28.8. The van der Waals surface area contributed by atoms with Crippen LogP contribution in [0.3, 0.4) is 0 Å². The molecule has 2 aliphatic rings. The lowest BCUT2D eigenvalue weighted by Crippen LogP contribution is -2.48. The van der Waals surface area contributed by atoms with Crippen molar-refractivity contribution in [2.24, 2.45) is 23.7 Å². The summed E-state index contributed by atoms with van der Waals surface area (Å²) in [6, 6.07) is 0. The van der Waals surface area contributed by atoms with Crippen LogP contribution in [0.15, 0.2) is 0 Å². The maximum Gasteiger partial charge on any atom is 0.222 e. The maximum atomic E-state index is 11.9.